The number of hydrogen-bond acceptors (Lipinski definition) is 2. The Labute approximate surface area is 77.8 Å². The van der Waals surface area contributed by atoms with E-state index in [0.717, 1.165) is 12.0 Å². The van der Waals surface area contributed by atoms with Gasteiger partial charge in [-0.2, -0.15) is 0 Å². The SMILES string of the molecule is COc1ncc(F)cc1CC(C)C. The number of pyridine rings is 1. The van der Waals surface area contributed by atoms with Gasteiger partial charge in [0.25, 0.3) is 0 Å². The summed E-state index contributed by atoms with van der Waals surface area (Å²) in [7, 11) is 1.55. The summed E-state index contributed by atoms with van der Waals surface area (Å²) < 4.78 is 17.8. The summed E-state index contributed by atoms with van der Waals surface area (Å²) in [6, 6.07) is 1.48. The summed E-state index contributed by atoms with van der Waals surface area (Å²) in [5.41, 5.74) is 0.831. The third-order valence-electron chi connectivity index (χ3n) is 1.71. The molecule has 0 radical (unpaired) electrons. The van der Waals surface area contributed by atoms with Crippen LogP contribution in [-0.2, 0) is 6.42 Å². The topological polar surface area (TPSA) is 22.1 Å². The van der Waals surface area contributed by atoms with Crippen LogP contribution in [0.25, 0.3) is 0 Å². The largest absolute Gasteiger partial charge is 0.481 e. The third-order valence-corrected chi connectivity index (χ3v) is 1.71. The summed E-state index contributed by atoms with van der Waals surface area (Å²) in [5.74, 6) is 0.684. The second-order valence-electron chi connectivity index (χ2n) is 3.42. The molecule has 72 valence electrons. The van der Waals surface area contributed by atoms with E-state index in [1.165, 1.54) is 12.3 Å². The highest BCUT2D eigenvalue weighted by molar-refractivity contribution is 5.26. The van der Waals surface area contributed by atoms with Crippen molar-refractivity contribution in [1.29, 1.82) is 0 Å². The van der Waals surface area contributed by atoms with Crippen LogP contribution in [0.1, 0.15) is 19.4 Å². The van der Waals surface area contributed by atoms with Crippen molar-refractivity contribution < 1.29 is 9.13 Å². The first-order valence-electron chi connectivity index (χ1n) is 4.32. The van der Waals surface area contributed by atoms with Gasteiger partial charge in [-0.25, -0.2) is 9.37 Å². The van der Waals surface area contributed by atoms with E-state index in [2.05, 4.69) is 18.8 Å². The molecule has 0 aliphatic rings. The van der Waals surface area contributed by atoms with Crippen LogP contribution >= 0.6 is 0 Å². The van der Waals surface area contributed by atoms with Crippen LogP contribution in [0.3, 0.4) is 0 Å². The minimum absolute atomic E-state index is 0.309. The molecule has 3 heteroatoms. The second kappa shape index (κ2) is 4.21. The lowest BCUT2D eigenvalue weighted by Crippen LogP contribution is -2.00. The van der Waals surface area contributed by atoms with Crippen LogP contribution in [0.2, 0.25) is 0 Å². The van der Waals surface area contributed by atoms with Crippen LogP contribution in [0, 0.1) is 11.7 Å². The van der Waals surface area contributed by atoms with Gasteiger partial charge in [-0.05, 0) is 18.4 Å². The highest BCUT2D eigenvalue weighted by Gasteiger charge is 2.07. The molecule has 0 saturated heterocycles. The molecule has 0 fully saturated rings. The maximum absolute atomic E-state index is 12.8. The average molecular weight is 183 g/mol. The second-order valence-corrected chi connectivity index (χ2v) is 3.42. The van der Waals surface area contributed by atoms with E-state index in [4.69, 9.17) is 4.74 Å². The van der Waals surface area contributed by atoms with Crippen molar-refractivity contribution in [2.75, 3.05) is 7.11 Å². The molecule has 0 bridgehead atoms. The highest BCUT2D eigenvalue weighted by atomic mass is 19.1. The van der Waals surface area contributed by atoms with Gasteiger partial charge in [0.15, 0.2) is 0 Å². The van der Waals surface area contributed by atoms with Gasteiger partial charge in [-0.15, -0.1) is 0 Å². The Morgan fingerprint density at radius 1 is 1.54 bits per heavy atom. The van der Waals surface area contributed by atoms with E-state index in [0.29, 0.717) is 11.8 Å². The highest BCUT2D eigenvalue weighted by Crippen LogP contribution is 2.19. The molecule has 2 nitrogen and oxygen atoms in total. The first-order chi connectivity index (χ1) is 6.13. The molecule has 13 heavy (non-hydrogen) atoms. The Morgan fingerprint density at radius 3 is 2.77 bits per heavy atom. The molecule has 1 rings (SSSR count). The van der Waals surface area contributed by atoms with E-state index in [1.54, 1.807) is 7.11 Å². The van der Waals surface area contributed by atoms with Crippen molar-refractivity contribution in [1.82, 2.24) is 4.98 Å². The van der Waals surface area contributed by atoms with E-state index >= 15 is 0 Å². The fourth-order valence-corrected chi connectivity index (χ4v) is 1.24. The van der Waals surface area contributed by atoms with Crippen molar-refractivity contribution in [2.24, 2.45) is 5.92 Å². The zero-order valence-electron chi connectivity index (χ0n) is 8.17. The van der Waals surface area contributed by atoms with Gasteiger partial charge < -0.3 is 4.74 Å². The Balaban J connectivity index is 2.94. The molecule has 0 atom stereocenters. The molecule has 0 spiro atoms. The molecule has 0 amide bonds. The fraction of sp³-hybridized carbons (Fsp3) is 0.500. The molecule has 0 aromatic carbocycles. The number of hydrogen-bond donors (Lipinski definition) is 0. The number of halogens is 1. The zero-order chi connectivity index (χ0) is 9.84. The normalized spacial score (nSPS) is 10.5. The van der Waals surface area contributed by atoms with Gasteiger partial charge in [0, 0.05) is 5.56 Å². The number of aromatic nitrogens is 1. The molecule has 1 aromatic rings. The minimum Gasteiger partial charge on any atom is -0.481 e. The smallest absolute Gasteiger partial charge is 0.216 e. The average Bonchev–Trinajstić information content (AvgIpc) is 2.03. The first kappa shape index (κ1) is 9.96. The summed E-state index contributed by atoms with van der Waals surface area (Å²) in [6.07, 6.45) is 1.95. The first-order valence-corrected chi connectivity index (χ1v) is 4.32. The van der Waals surface area contributed by atoms with E-state index < -0.39 is 0 Å². The zero-order valence-corrected chi connectivity index (χ0v) is 8.17. The standard InChI is InChI=1S/C10H14FNO/c1-7(2)4-8-5-9(11)6-12-10(8)13-3/h5-7H,4H2,1-3H3. The number of nitrogens with zero attached hydrogens (tertiary/aromatic N) is 1. The fourth-order valence-electron chi connectivity index (χ4n) is 1.24. The third kappa shape index (κ3) is 2.68. The lowest BCUT2D eigenvalue weighted by atomic mass is 10.0. The monoisotopic (exact) mass is 183 g/mol. The summed E-state index contributed by atoms with van der Waals surface area (Å²) in [6.45, 7) is 4.15. The summed E-state index contributed by atoms with van der Waals surface area (Å²) in [5, 5.41) is 0. The van der Waals surface area contributed by atoms with Crippen LogP contribution in [0.5, 0.6) is 5.88 Å². The van der Waals surface area contributed by atoms with E-state index in [-0.39, 0.29) is 5.82 Å². The van der Waals surface area contributed by atoms with Gasteiger partial charge in [0.2, 0.25) is 5.88 Å². The Bertz CT molecular complexity index is 286. The number of rotatable bonds is 3. The predicted octanol–water partition coefficient (Wildman–Crippen LogP) is 2.43. The lowest BCUT2D eigenvalue weighted by Gasteiger charge is -2.08. The Kier molecular flexibility index (Phi) is 3.23. The number of ether oxygens (including phenoxy) is 1. The molecule has 0 aliphatic heterocycles. The molecule has 0 aliphatic carbocycles. The van der Waals surface area contributed by atoms with Crippen LogP contribution < -0.4 is 4.74 Å². The molecule has 1 heterocycles. The maximum Gasteiger partial charge on any atom is 0.216 e. The molecule has 1 aromatic heterocycles. The molecule has 0 saturated carbocycles. The molecular weight excluding hydrogens is 169 g/mol. The van der Waals surface area contributed by atoms with E-state index in [1.807, 2.05) is 0 Å². The quantitative estimate of drug-likeness (QED) is 0.718. The van der Waals surface area contributed by atoms with Gasteiger partial charge in [-0.1, -0.05) is 13.8 Å². The van der Waals surface area contributed by atoms with Gasteiger partial charge in [-0.3, -0.25) is 0 Å². The summed E-state index contributed by atoms with van der Waals surface area (Å²) in [4.78, 5) is 3.85. The molecule has 0 N–H and O–H groups in total. The lowest BCUT2D eigenvalue weighted by molar-refractivity contribution is 0.387. The van der Waals surface area contributed by atoms with E-state index in [9.17, 15) is 4.39 Å². The van der Waals surface area contributed by atoms with Gasteiger partial charge in [0.05, 0.1) is 13.3 Å². The van der Waals surface area contributed by atoms with Crippen molar-refractivity contribution in [3.05, 3.63) is 23.6 Å². The predicted molar refractivity (Wildman–Crippen MR) is 49.3 cm³/mol. The van der Waals surface area contributed by atoms with Crippen LogP contribution in [-0.4, -0.2) is 12.1 Å². The Hall–Kier alpha value is -1.12. The van der Waals surface area contributed by atoms with Crippen LogP contribution in [0.15, 0.2) is 12.3 Å². The number of methoxy groups -OCH3 is 1. The van der Waals surface area contributed by atoms with Crippen molar-refractivity contribution in [3.63, 3.8) is 0 Å². The maximum atomic E-state index is 12.8. The van der Waals surface area contributed by atoms with Crippen LogP contribution in [0.4, 0.5) is 4.39 Å². The van der Waals surface area contributed by atoms with Crippen molar-refractivity contribution >= 4 is 0 Å². The molecular formula is C10H14FNO. The molecule has 0 unspecified atom stereocenters. The summed E-state index contributed by atoms with van der Waals surface area (Å²) >= 11 is 0. The van der Waals surface area contributed by atoms with Gasteiger partial charge >= 0.3 is 0 Å². The van der Waals surface area contributed by atoms with Crippen molar-refractivity contribution in [3.8, 4) is 5.88 Å². The minimum atomic E-state index is -0.309. The Morgan fingerprint density at radius 2 is 2.23 bits per heavy atom. The van der Waals surface area contributed by atoms with Gasteiger partial charge in [0.1, 0.15) is 5.82 Å². The van der Waals surface area contributed by atoms with Crippen molar-refractivity contribution in [2.45, 2.75) is 20.3 Å².